The lowest BCUT2D eigenvalue weighted by Gasteiger charge is -2.08. The lowest BCUT2D eigenvalue weighted by molar-refractivity contribution is -0.118. The summed E-state index contributed by atoms with van der Waals surface area (Å²) >= 11 is 1.30. The molecule has 1 atom stereocenters. The number of anilines is 1. The molecule has 0 saturated carbocycles. The van der Waals surface area contributed by atoms with Crippen LogP contribution in [0.1, 0.15) is 5.01 Å². The molecule has 1 heterocycles. The fourth-order valence-electron chi connectivity index (χ4n) is 0.800. The molecule has 0 aromatic carbocycles. The van der Waals surface area contributed by atoms with E-state index in [1.54, 1.807) is 0 Å². The number of aromatic nitrogens is 2. The van der Waals surface area contributed by atoms with E-state index in [9.17, 15) is 4.79 Å². The van der Waals surface area contributed by atoms with Gasteiger partial charge in [-0.25, -0.2) is 0 Å². The Labute approximate surface area is 85.5 Å². The molecule has 6 nitrogen and oxygen atoms in total. The average molecular weight is 216 g/mol. The Morgan fingerprint density at radius 1 is 1.71 bits per heavy atom. The monoisotopic (exact) mass is 216 g/mol. The molecule has 0 bridgehead atoms. The van der Waals surface area contributed by atoms with E-state index >= 15 is 0 Å². The van der Waals surface area contributed by atoms with Gasteiger partial charge in [-0.2, -0.15) is 0 Å². The average Bonchev–Trinajstić information content (AvgIpc) is 2.51. The number of methoxy groups -OCH3 is 1. The SMILES string of the molecule is COCC(N)C(=O)Nc1nnc(C)s1. The van der Waals surface area contributed by atoms with Crippen molar-refractivity contribution in [1.82, 2.24) is 10.2 Å². The molecule has 0 spiro atoms. The van der Waals surface area contributed by atoms with Crippen LogP contribution in [0.5, 0.6) is 0 Å². The first kappa shape index (κ1) is 11.0. The largest absolute Gasteiger partial charge is 0.383 e. The Morgan fingerprint density at radius 3 is 2.93 bits per heavy atom. The van der Waals surface area contributed by atoms with Gasteiger partial charge in [-0.15, -0.1) is 10.2 Å². The predicted octanol–water partition coefficient (Wildman–Crippen LogP) is -0.241. The predicted molar refractivity (Wildman–Crippen MR) is 53.1 cm³/mol. The summed E-state index contributed by atoms with van der Waals surface area (Å²) < 4.78 is 4.75. The minimum absolute atomic E-state index is 0.184. The molecule has 7 heteroatoms. The number of aryl methyl sites for hydroxylation is 1. The van der Waals surface area contributed by atoms with Crippen molar-refractivity contribution in [1.29, 1.82) is 0 Å². The molecule has 0 aliphatic heterocycles. The Bertz CT molecular complexity index is 314. The van der Waals surface area contributed by atoms with Crippen molar-refractivity contribution in [3.8, 4) is 0 Å². The number of nitrogens with zero attached hydrogens (tertiary/aromatic N) is 2. The molecule has 0 aliphatic rings. The number of hydrogen-bond acceptors (Lipinski definition) is 6. The van der Waals surface area contributed by atoms with E-state index < -0.39 is 6.04 Å². The zero-order chi connectivity index (χ0) is 10.6. The molecule has 1 amide bonds. The number of nitrogens with one attached hydrogen (secondary N) is 1. The third kappa shape index (κ3) is 3.02. The second-order valence-corrected chi connectivity index (χ2v) is 3.86. The van der Waals surface area contributed by atoms with Gasteiger partial charge in [-0.1, -0.05) is 11.3 Å². The van der Waals surface area contributed by atoms with Gasteiger partial charge in [-0.05, 0) is 6.92 Å². The van der Waals surface area contributed by atoms with Crippen LogP contribution in [0.2, 0.25) is 0 Å². The van der Waals surface area contributed by atoms with Crippen LogP contribution in [0.4, 0.5) is 5.13 Å². The van der Waals surface area contributed by atoms with Gasteiger partial charge in [0.15, 0.2) is 0 Å². The number of carbonyl (C=O) groups excluding carboxylic acids is 1. The summed E-state index contributed by atoms with van der Waals surface area (Å²) in [7, 11) is 1.49. The standard InChI is InChI=1S/C7H12N4O2S/c1-4-10-11-7(14-4)9-6(12)5(8)3-13-2/h5H,3,8H2,1-2H3,(H,9,11,12). The van der Waals surface area contributed by atoms with E-state index in [0.29, 0.717) is 5.13 Å². The van der Waals surface area contributed by atoms with Crippen molar-refractivity contribution < 1.29 is 9.53 Å². The molecular weight excluding hydrogens is 204 g/mol. The lowest BCUT2D eigenvalue weighted by atomic mass is 10.3. The molecule has 1 rings (SSSR count). The topological polar surface area (TPSA) is 90.1 Å². The molecular formula is C7H12N4O2S. The maximum Gasteiger partial charge on any atom is 0.245 e. The maximum atomic E-state index is 11.3. The van der Waals surface area contributed by atoms with Gasteiger partial charge >= 0.3 is 0 Å². The second-order valence-electron chi connectivity index (χ2n) is 2.68. The van der Waals surface area contributed by atoms with Crippen LogP contribution < -0.4 is 11.1 Å². The molecule has 0 fully saturated rings. The van der Waals surface area contributed by atoms with Gasteiger partial charge in [0.25, 0.3) is 0 Å². The summed E-state index contributed by atoms with van der Waals surface area (Å²) in [6.07, 6.45) is 0. The summed E-state index contributed by atoms with van der Waals surface area (Å²) in [5, 5.41) is 11.3. The van der Waals surface area contributed by atoms with Crippen molar-refractivity contribution in [2.24, 2.45) is 5.73 Å². The molecule has 3 N–H and O–H groups in total. The number of carbonyl (C=O) groups is 1. The van der Waals surface area contributed by atoms with Gasteiger partial charge in [0.05, 0.1) is 6.61 Å². The quantitative estimate of drug-likeness (QED) is 0.725. The fourth-order valence-corrected chi connectivity index (χ4v) is 1.40. The summed E-state index contributed by atoms with van der Waals surface area (Å²) in [4.78, 5) is 11.3. The van der Waals surface area contributed by atoms with Crippen LogP contribution in [0.25, 0.3) is 0 Å². The molecule has 1 unspecified atom stereocenters. The highest BCUT2D eigenvalue weighted by Crippen LogP contribution is 2.13. The summed E-state index contributed by atoms with van der Waals surface area (Å²) in [6.45, 7) is 1.99. The first-order chi connectivity index (χ1) is 6.63. The van der Waals surface area contributed by atoms with Crippen LogP contribution in [-0.4, -0.2) is 35.9 Å². The third-order valence-electron chi connectivity index (χ3n) is 1.44. The second kappa shape index (κ2) is 4.99. The van der Waals surface area contributed by atoms with Crippen molar-refractivity contribution in [3.05, 3.63) is 5.01 Å². The van der Waals surface area contributed by atoms with Crippen LogP contribution in [0.3, 0.4) is 0 Å². The first-order valence-corrected chi connectivity index (χ1v) is 4.80. The molecule has 0 radical (unpaired) electrons. The smallest absolute Gasteiger partial charge is 0.245 e. The van der Waals surface area contributed by atoms with Crippen molar-refractivity contribution in [2.45, 2.75) is 13.0 Å². The van der Waals surface area contributed by atoms with Crippen LogP contribution in [0.15, 0.2) is 0 Å². The number of rotatable bonds is 4. The van der Waals surface area contributed by atoms with Gasteiger partial charge in [-0.3, -0.25) is 10.1 Å². The highest BCUT2D eigenvalue weighted by molar-refractivity contribution is 7.15. The highest BCUT2D eigenvalue weighted by atomic mass is 32.1. The van der Waals surface area contributed by atoms with Gasteiger partial charge < -0.3 is 10.5 Å². The number of hydrogen-bond donors (Lipinski definition) is 2. The van der Waals surface area contributed by atoms with Crippen molar-refractivity contribution in [3.63, 3.8) is 0 Å². The number of nitrogens with two attached hydrogens (primary N) is 1. The van der Waals surface area contributed by atoms with E-state index in [0.717, 1.165) is 5.01 Å². The summed E-state index contributed by atoms with van der Waals surface area (Å²) in [6, 6.07) is -0.677. The fraction of sp³-hybridized carbons (Fsp3) is 0.571. The molecule has 0 aliphatic carbocycles. The zero-order valence-corrected chi connectivity index (χ0v) is 8.80. The molecule has 1 aromatic rings. The first-order valence-electron chi connectivity index (χ1n) is 3.99. The van der Waals surface area contributed by atoms with Gasteiger partial charge in [0.2, 0.25) is 11.0 Å². The Hall–Kier alpha value is -1.05. The van der Waals surface area contributed by atoms with Crippen LogP contribution in [0, 0.1) is 6.92 Å². The normalized spacial score (nSPS) is 12.5. The number of amides is 1. The minimum atomic E-state index is -0.677. The third-order valence-corrected chi connectivity index (χ3v) is 2.19. The van der Waals surface area contributed by atoms with Gasteiger partial charge in [0, 0.05) is 7.11 Å². The van der Waals surface area contributed by atoms with Crippen molar-refractivity contribution in [2.75, 3.05) is 19.0 Å². The molecule has 0 saturated heterocycles. The molecule has 1 aromatic heterocycles. The maximum absolute atomic E-state index is 11.3. The Morgan fingerprint density at radius 2 is 2.43 bits per heavy atom. The Balaban J connectivity index is 2.48. The Kier molecular flexibility index (Phi) is 3.93. The molecule has 78 valence electrons. The van der Waals surface area contributed by atoms with E-state index in [4.69, 9.17) is 10.5 Å². The highest BCUT2D eigenvalue weighted by Gasteiger charge is 2.14. The number of ether oxygens (including phenoxy) is 1. The lowest BCUT2D eigenvalue weighted by Crippen LogP contribution is -2.39. The zero-order valence-electron chi connectivity index (χ0n) is 7.98. The van der Waals surface area contributed by atoms with Crippen LogP contribution >= 0.6 is 11.3 Å². The summed E-state index contributed by atoms with van der Waals surface area (Å²) in [5.74, 6) is -0.317. The van der Waals surface area contributed by atoms with E-state index in [1.165, 1.54) is 18.4 Å². The molecule has 14 heavy (non-hydrogen) atoms. The van der Waals surface area contributed by atoms with Crippen LogP contribution in [-0.2, 0) is 9.53 Å². The summed E-state index contributed by atoms with van der Waals surface area (Å²) in [5.41, 5.74) is 5.50. The van der Waals surface area contributed by atoms with E-state index in [2.05, 4.69) is 15.5 Å². The van der Waals surface area contributed by atoms with Crippen molar-refractivity contribution >= 4 is 22.4 Å². The van der Waals surface area contributed by atoms with E-state index in [1.807, 2.05) is 6.92 Å². The van der Waals surface area contributed by atoms with Gasteiger partial charge in [0.1, 0.15) is 11.0 Å². The van der Waals surface area contributed by atoms with E-state index in [-0.39, 0.29) is 12.5 Å². The minimum Gasteiger partial charge on any atom is -0.383 e.